The van der Waals surface area contributed by atoms with Crippen molar-refractivity contribution in [3.05, 3.63) is 0 Å². The van der Waals surface area contributed by atoms with Crippen LogP contribution in [0.1, 0.15) is 26.2 Å². The average Bonchev–Trinajstić information content (AvgIpc) is 2.09. The zero-order valence-corrected chi connectivity index (χ0v) is 8.86. The van der Waals surface area contributed by atoms with E-state index in [0.29, 0.717) is 0 Å². The summed E-state index contributed by atoms with van der Waals surface area (Å²) < 4.78 is 0. The highest BCUT2D eigenvalue weighted by molar-refractivity contribution is 5.98. The predicted octanol–water partition coefficient (Wildman–Crippen LogP) is -1.20. The fraction of sp³-hybridized carbons (Fsp3) is 0.556. The van der Waals surface area contributed by atoms with E-state index in [1.807, 2.05) is 0 Å². The van der Waals surface area contributed by atoms with Gasteiger partial charge in [0, 0.05) is 6.42 Å². The number of hydrogen-bond donors (Lipinski definition) is 3. The molecule has 1 atom stereocenters. The molecule has 0 bridgehead atoms. The number of Topliss-reactive ketones (excluding diaryl/α,β-unsaturated/α-hetero) is 1. The number of carbonyl (C=O) groups is 4. The number of carbonyl (C=O) groups excluding carboxylic acids is 3. The molecule has 0 aliphatic heterocycles. The van der Waals surface area contributed by atoms with E-state index in [-0.39, 0.29) is 25.0 Å². The lowest BCUT2D eigenvalue weighted by atomic mass is 10.1. The molecule has 0 aromatic carbocycles. The molecular weight excluding hydrogens is 216 g/mol. The molecule has 0 saturated carbocycles. The molecule has 0 unspecified atom stereocenters. The molecule has 0 rings (SSSR count). The third-order valence-electron chi connectivity index (χ3n) is 1.72. The summed E-state index contributed by atoms with van der Waals surface area (Å²) in [6.45, 7) is 1.22. The first-order valence-electron chi connectivity index (χ1n) is 4.63. The van der Waals surface area contributed by atoms with Crippen molar-refractivity contribution in [3.8, 4) is 0 Å². The summed E-state index contributed by atoms with van der Waals surface area (Å²) in [6, 6.07) is -1.20. The van der Waals surface area contributed by atoms with E-state index >= 15 is 0 Å². The molecule has 0 aromatic rings. The van der Waals surface area contributed by atoms with Crippen LogP contribution in [0.5, 0.6) is 0 Å². The van der Waals surface area contributed by atoms with Gasteiger partial charge >= 0.3 is 5.97 Å². The molecule has 0 aliphatic rings. The van der Waals surface area contributed by atoms with E-state index < -0.39 is 23.8 Å². The van der Waals surface area contributed by atoms with Crippen molar-refractivity contribution in [2.75, 3.05) is 0 Å². The number of nitrogens with one attached hydrogen (secondary N) is 1. The summed E-state index contributed by atoms with van der Waals surface area (Å²) in [6.07, 6.45) is -0.605. The fourth-order valence-corrected chi connectivity index (χ4v) is 1.02. The Labute approximate surface area is 92.0 Å². The SMILES string of the molecule is CC(=O)CC(=O)N[C@@H](CCC(N)=O)C(=O)O. The number of carboxylic acid groups (broad SMARTS) is 1. The second-order valence-corrected chi connectivity index (χ2v) is 3.34. The van der Waals surface area contributed by atoms with Gasteiger partial charge in [-0.3, -0.25) is 14.4 Å². The van der Waals surface area contributed by atoms with Crippen LogP contribution >= 0.6 is 0 Å². The second kappa shape index (κ2) is 6.54. The summed E-state index contributed by atoms with van der Waals surface area (Å²) in [4.78, 5) is 42.8. The van der Waals surface area contributed by atoms with E-state index in [0.717, 1.165) is 0 Å². The average molecular weight is 230 g/mol. The maximum Gasteiger partial charge on any atom is 0.326 e. The number of rotatable bonds is 7. The molecule has 4 N–H and O–H groups in total. The van der Waals surface area contributed by atoms with Crippen molar-refractivity contribution in [1.29, 1.82) is 0 Å². The van der Waals surface area contributed by atoms with E-state index in [2.05, 4.69) is 5.32 Å². The van der Waals surface area contributed by atoms with Gasteiger partial charge in [-0.15, -0.1) is 0 Å². The molecule has 0 spiro atoms. The number of aliphatic carboxylic acids is 1. The highest BCUT2D eigenvalue weighted by atomic mass is 16.4. The fourth-order valence-electron chi connectivity index (χ4n) is 1.02. The van der Waals surface area contributed by atoms with Crippen molar-refractivity contribution in [3.63, 3.8) is 0 Å². The minimum atomic E-state index is -1.27. The zero-order chi connectivity index (χ0) is 12.7. The van der Waals surface area contributed by atoms with Gasteiger partial charge in [-0.1, -0.05) is 0 Å². The number of nitrogens with two attached hydrogens (primary N) is 1. The quantitative estimate of drug-likeness (QED) is 0.473. The summed E-state index contributed by atoms with van der Waals surface area (Å²) in [7, 11) is 0. The number of primary amides is 1. The summed E-state index contributed by atoms with van der Waals surface area (Å²) in [5, 5.41) is 10.9. The van der Waals surface area contributed by atoms with Crippen molar-refractivity contribution >= 4 is 23.6 Å². The van der Waals surface area contributed by atoms with Crippen LogP contribution in [-0.2, 0) is 19.2 Å². The normalized spacial score (nSPS) is 11.6. The van der Waals surface area contributed by atoms with Gasteiger partial charge in [0.15, 0.2) is 0 Å². The Hall–Kier alpha value is -1.92. The Balaban J connectivity index is 4.22. The molecule has 16 heavy (non-hydrogen) atoms. The molecule has 0 heterocycles. The van der Waals surface area contributed by atoms with Gasteiger partial charge < -0.3 is 16.2 Å². The number of carboxylic acids is 1. The van der Waals surface area contributed by atoms with E-state index in [4.69, 9.17) is 10.8 Å². The van der Waals surface area contributed by atoms with Crippen LogP contribution in [-0.4, -0.2) is 34.7 Å². The number of hydrogen-bond acceptors (Lipinski definition) is 4. The first-order valence-corrected chi connectivity index (χ1v) is 4.63. The van der Waals surface area contributed by atoms with Crippen LogP contribution in [0.2, 0.25) is 0 Å². The summed E-state index contributed by atoms with van der Waals surface area (Å²) in [5.74, 6) is -2.95. The standard InChI is InChI=1S/C9H14N2O5/c1-5(12)4-8(14)11-6(9(15)16)2-3-7(10)13/h6H,2-4H2,1H3,(H2,10,13)(H,11,14)(H,15,16)/t6-/m0/s1. The van der Waals surface area contributed by atoms with Gasteiger partial charge in [-0.05, 0) is 13.3 Å². The molecule has 0 aromatic heterocycles. The second-order valence-electron chi connectivity index (χ2n) is 3.34. The van der Waals surface area contributed by atoms with Crippen molar-refractivity contribution in [1.82, 2.24) is 5.32 Å². The van der Waals surface area contributed by atoms with Crippen LogP contribution < -0.4 is 11.1 Å². The summed E-state index contributed by atoms with van der Waals surface area (Å²) >= 11 is 0. The Bertz CT molecular complexity index is 313. The Morgan fingerprint density at radius 3 is 2.25 bits per heavy atom. The van der Waals surface area contributed by atoms with Gasteiger partial charge in [-0.2, -0.15) is 0 Å². The van der Waals surface area contributed by atoms with Gasteiger partial charge in [-0.25, -0.2) is 4.79 Å². The van der Waals surface area contributed by atoms with Crippen LogP contribution in [0.3, 0.4) is 0 Å². The van der Waals surface area contributed by atoms with E-state index in [9.17, 15) is 19.2 Å². The Kier molecular flexibility index (Phi) is 5.76. The predicted molar refractivity (Wildman–Crippen MR) is 53.3 cm³/mol. The zero-order valence-electron chi connectivity index (χ0n) is 8.86. The highest BCUT2D eigenvalue weighted by Crippen LogP contribution is 1.98. The van der Waals surface area contributed by atoms with Crippen molar-refractivity contribution < 1.29 is 24.3 Å². The third kappa shape index (κ3) is 6.52. The first-order chi connectivity index (χ1) is 7.32. The number of amides is 2. The minimum Gasteiger partial charge on any atom is -0.480 e. The van der Waals surface area contributed by atoms with Gasteiger partial charge in [0.25, 0.3) is 0 Å². The summed E-state index contributed by atoms with van der Waals surface area (Å²) in [5.41, 5.74) is 4.85. The third-order valence-corrected chi connectivity index (χ3v) is 1.72. The molecule has 7 nitrogen and oxygen atoms in total. The highest BCUT2D eigenvalue weighted by Gasteiger charge is 2.20. The Morgan fingerprint density at radius 1 is 1.31 bits per heavy atom. The number of ketones is 1. The molecule has 0 saturated heterocycles. The van der Waals surface area contributed by atoms with Crippen LogP contribution in [0.25, 0.3) is 0 Å². The van der Waals surface area contributed by atoms with Crippen LogP contribution in [0, 0.1) is 0 Å². The lowest BCUT2D eigenvalue weighted by molar-refractivity contribution is -0.142. The smallest absolute Gasteiger partial charge is 0.326 e. The lowest BCUT2D eigenvalue weighted by Crippen LogP contribution is -2.41. The minimum absolute atomic E-state index is 0.0890. The molecule has 0 fully saturated rings. The maximum absolute atomic E-state index is 11.1. The first kappa shape index (κ1) is 14.1. The van der Waals surface area contributed by atoms with E-state index in [1.165, 1.54) is 6.92 Å². The van der Waals surface area contributed by atoms with Gasteiger partial charge in [0.1, 0.15) is 11.8 Å². The van der Waals surface area contributed by atoms with E-state index in [1.54, 1.807) is 0 Å². The Morgan fingerprint density at radius 2 is 1.88 bits per heavy atom. The molecule has 90 valence electrons. The van der Waals surface area contributed by atoms with Crippen molar-refractivity contribution in [2.24, 2.45) is 5.73 Å². The topological polar surface area (TPSA) is 127 Å². The molecular formula is C9H14N2O5. The van der Waals surface area contributed by atoms with Crippen LogP contribution in [0.4, 0.5) is 0 Å². The van der Waals surface area contributed by atoms with Crippen LogP contribution in [0.15, 0.2) is 0 Å². The lowest BCUT2D eigenvalue weighted by Gasteiger charge is -2.12. The monoisotopic (exact) mass is 230 g/mol. The van der Waals surface area contributed by atoms with Gasteiger partial charge in [0.2, 0.25) is 11.8 Å². The van der Waals surface area contributed by atoms with Gasteiger partial charge in [0.05, 0.1) is 6.42 Å². The molecule has 0 radical (unpaired) electrons. The van der Waals surface area contributed by atoms with Crippen molar-refractivity contribution in [2.45, 2.75) is 32.2 Å². The largest absolute Gasteiger partial charge is 0.480 e. The maximum atomic E-state index is 11.1. The molecule has 0 aliphatic carbocycles. The molecule has 7 heteroatoms. The molecule has 2 amide bonds.